The molecule has 4 nitrogen and oxygen atoms in total. The lowest BCUT2D eigenvalue weighted by molar-refractivity contribution is 0.189. The van der Waals surface area contributed by atoms with E-state index in [1.54, 1.807) is 0 Å². The van der Waals surface area contributed by atoms with Crippen LogP contribution in [0.2, 0.25) is 0 Å². The van der Waals surface area contributed by atoms with E-state index in [2.05, 4.69) is 33.6 Å². The van der Waals surface area contributed by atoms with E-state index in [4.69, 9.17) is 0 Å². The van der Waals surface area contributed by atoms with Crippen molar-refractivity contribution in [2.75, 3.05) is 33.2 Å². The molecule has 2 N–H and O–H groups in total. The van der Waals surface area contributed by atoms with Crippen LogP contribution in [-0.2, 0) is 6.54 Å². The highest BCUT2D eigenvalue weighted by molar-refractivity contribution is 5.07. The van der Waals surface area contributed by atoms with Crippen molar-refractivity contribution in [3.63, 3.8) is 0 Å². The van der Waals surface area contributed by atoms with Crippen molar-refractivity contribution in [2.45, 2.75) is 19.0 Å². The average molecular weight is 234 g/mol. The molecule has 1 atom stereocenters. The fourth-order valence-corrected chi connectivity index (χ4v) is 2.19. The summed E-state index contributed by atoms with van der Waals surface area (Å²) in [4.78, 5) is 6.55. The minimum absolute atomic E-state index is 0.671. The van der Waals surface area contributed by atoms with Crippen LogP contribution < -0.4 is 10.6 Å². The Morgan fingerprint density at radius 1 is 1.59 bits per heavy atom. The molecule has 2 rings (SSSR count). The van der Waals surface area contributed by atoms with Gasteiger partial charge in [0.05, 0.1) is 0 Å². The average Bonchev–Trinajstić information content (AvgIpc) is 2.38. The molecule has 0 spiro atoms. The highest BCUT2D eigenvalue weighted by Gasteiger charge is 2.17. The molecule has 0 aromatic carbocycles. The molecule has 1 aromatic heterocycles. The Morgan fingerprint density at radius 3 is 3.29 bits per heavy atom. The van der Waals surface area contributed by atoms with Gasteiger partial charge < -0.3 is 15.5 Å². The van der Waals surface area contributed by atoms with E-state index in [0.29, 0.717) is 6.04 Å². The number of hydrogen-bond acceptors (Lipinski definition) is 4. The molecule has 4 heteroatoms. The minimum Gasteiger partial charge on any atom is -0.314 e. The molecular formula is C13H22N4. The SMILES string of the molecule is CN1CCNCC1CCNCc1cccnc1. The van der Waals surface area contributed by atoms with E-state index in [1.165, 1.54) is 12.0 Å². The fourth-order valence-electron chi connectivity index (χ4n) is 2.19. The summed E-state index contributed by atoms with van der Waals surface area (Å²) in [5.41, 5.74) is 1.25. The Bertz CT molecular complexity index is 314. The number of piperazine rings is 1. The molecule has 1 aliphatic rings. The molecule has 2 heterocycles. The van der Waals surface area contributed by atoms with Gasteiger partial charge in [0.2, 0.25) is 0 Å². The predicted molar refractivity (Wildman–Crippen MR) is 69.8 cm³/mol. The lowest BCUT2D eigenvalue weighted by Crippen LogP contribution is -2.50. The lowest BCUT2D eigenvalue weighted by atomic mass is 10.1. The molecule has 0 bridgehead atoms. The number of hydrogen-bond donors (Lipinski definition) is 2. The zero-order valence-electron chi connectivity index (χ0n) is 10.5. The van der Waals surface area contributed by atoms with Crippen LogP contribution in [0.4, 0.5) is 0 Å². The van der Waals surface area contributed by atoms with Crippen LogP contribution in [0.1, 0.15) is 12.0 Å². The van der Waals surface area contributed by atoms with E-state index in [9.17, 15) is 0 Å². The van der Waals surface area contributed by atoms with Crippen molar-refractivity contribution in [3.05, 3.63) is 30.1 Å². The quantitative estimate of drug-likeness (QED) is 0.726. The minimum atomic E-state index is 0.671. The second kappa shape index (κ2) is 6.69. The molecule has 1 aliphatic heterocycles. The van der Waals surface area contributed by atoms with Gasteiger partial charge in [-0.2, -0.15) is 0 Å². The molecule has 17 heavy (non-hydrogen) atoms. The Labute approximate surface area is 103 Å². The number of rotatable bonds is 5. The zero-order chi connectivity index (χ0) is 11.9. The van der Waals surface area contributed by atoms with Crippen LogP contribution in [0.15, 0.2) is 24.5 Å². The summed E-state index contributed by atoms with van der Waals surface area (Å²) in [7, 11) is 2.21. The molecule has 1 unspecified atom stereocenters. The first-order valence-corrected chi connectivity index (χ1v) is 6.37. The van der Waals surface area contributed by atoms with Crippen LogP contribution >= 0.6 is 0 Å². The van der Waals surface area contributed by atoms with Crippen LogP contribution in [0, 0.1) is 0 Å². The van der Waals surface area contributed by atoms with Crippen molar-refractivity contribution >= 4 is 0 Å². The second-order valence-corrected chi connectivity index (χ2v) is 4.67. The first-order valence-electron chi connectivity index (χ1n) is 6.37. The smallest absolute Gasteiger partial charge is 0.0312 e. The van der Waals surface area contributed by atoms with Crippen molar-refractivity contribution in [1.29, 1.82) is 0 Å². The van der Waals surface area contributed by atoms with Gasteiger partial charge in [-0.05, 0) is 31.6 Å². The van der Waals surface area contributed by atoms with E-state index in [0.717, 1.165) is 32.7 Å². The van der Waals surface area contributed by atoms with Crippen LogP contribution in [0.5, 0.6) is 0 Å². The van der Waals surface area contributed by atoms with Gasteiger partial charge in [0, 0.05) is 44.6 Å². The molecule has 94 valence electrons. The number of nitrogens with zero attached hydrogens (tertiary/aromatic N) is 2. The van der Waals surface area contributed by atoms with Gasteiger partial charge in [0.1, 0.15) is 0 Å². The van der Waals surface area contributed by atoms with Crippen molar-refractivity contribution in [3.8, 4) is 0 Å². The van der Waals surface area contributed by atoms with Crippen LogP contribution in [-0.4, -0.2) is 49.2 Å². The van der Waals surface area contributed by atoms with Crippen LogP contribution in [0.25, 0.3) is 0 Å². The highest BCUT2D eigenvalue weighted by atomic mass is 15.2. The molecule has 1 fully saturated rings. The molecule has 0 radical (unpaired) electrons. The molecular weight excluding hydrogens is 212 g/mol. The summed E-state index contributed by atoms with van der Waals surface area (Å²) in [5, 5.41) is 6.92. The number of pyridine rings is 1. The maximum Gasteiger partial charge on any atom is 0.0312 e. The van der Waals surface area contributed by atoms with Gasteiger partial charge in [0.15, 0.2) is 0 Å². The molecule has 0 saturated carbocycles. The fraction of sp³-hybridized carbons (Fsp3) is 0.615. The first-order chi connectivity index (χ1) is 8.36. The highest BCUT2D eigenvalue weighted by Crippen LogP contribution is 2.03. The molecule has 1 saturated heterocycles. The largest absolute Gasteiger partial charge is 0.314 e. The van der Waals surface area contributed by atoms with E-state index >= 15 is 0 Å². The Kier molecular flexibility index (Phi) is 4.91. The third-order valence-electron chi connectivity index (χ3n) is 3.35. The maximum absolute atomic E-state index is 4.11. The van der Waals surface area contributed by atoms with Crippen molar-refractivity contribution in [2.24, 2.45) is 0 Å². The maximum atomic E-state index is 4.11. The molecule has 1 aromatic rings. The Hall–Kier alpha value is -0.970. The van der Waals surface area contributed by atoms with Crippen molar-refractivity contribution in [1.82, 2.24) is 20.5 Å². The first kappa shape index (κ1) is 12.5. The Balaban J connectivity index is 1.63. The van der Waals surface area contributed by atoms with E-state index in [-0.39, 0.29) is 0 Å². The molecule has 0 aliphatic carbocycles. The third kappa shape index (κ3) is 4.07. The van der Waals surface area contributed by atoms with Gasteiger partial charge >= 0.3 is 0 Å². The summed E-state index contributed by atoms with van der Waals surface area (Å²) in [6.07, 6.45) is 4.93. The second-order valence-electron chi connectivity index (χ2n) is 4.67. The monoisotopic (exact) mass is 234 g/mol. The van der Waals surface area contributed by atoms with E-state index < -0.39 is 0 Å². The zero-order valence-corrected chi connectivity index (χ0v) is 10.5. The van der Waals surface area contributed by atoms with Gasteiger partial charge in [-0.1, -0.05) is 6.07 Å². The Morgan fingerprint density at radius 2 is 2.53 bits per heavy atom. The standard InChI is InChI=1S/C13H22N4/c1-17-8-7-16-11-13(17)4-6-15-10-12-3-2-5-14-9-12/h2-3,5,9,13,15-16H,4,6-8,10-11H2,1H3. The summed E-state index contributed by atoms with van der Waals surface area (Å²) >= 11 is 0. The summed E-state index contributed by atoms with van der Waals surface area (Å²) in [5.74, 6) is 0. The normalized spacial score (nSPS) is 21.6. The van der Waals surface area contributed by atoms with Gasteiger partial charge in [-0.3, -0.25) is 4.98 Å². The summed E-state index contributed by atoms with van der Waals surface area (Å²) in [6.45, 7) is 5.37. The van der Waals surface area contributed by atoms with E-state index in [1.807, 2.05) is 18.5 Å². The van der Waals surface area contributed by atoms with Gasteiger partial charge in [0.25, 0.3) is 0 Å². The number of aromatic nitrogens is 1. The lowest BCUT2D eigenvalue weighted by Gasteiger charge is -2.33. The molecule has 0 amide bonds. The number of likely N-dealkylation sites (N-methyl/N-ethyl adjacent to an activating group) is 1. The third-order valence-corrected chi connectivity index (χ3v) is 3.35. The predicted octanol–water partition coefficient (Wildman–Crippen LogP) is 0.465. The van der Waals surface area contributed by atoms with Crippen molar-refractivity contribution < 1.29 is 0 Å². The summed E-state index contributed by atoms with van der Waals surface area (Å²) in [6, 6.07) is 4.76. The van der Waals surface area contributed by atoms with Gasteiger partial charge in [-0.25, -0.2) is 0 Å². The van der Waals surface area contributed by atoms with Crippen LogP contribution in [0.3, 0.4) is 0 Å². The topological polar surface area (TPSA) is 40.2 Å². The summed E-state index contributed by atoms with van der Waals surface area (Å²) < 4.78 is 0. The van der Waals surface area contributed by atoms with Gasteiger partial charge in [-0.15, -0.1) is 0 Å². The number of nitrogens with one attached hydrogen (secondary N) is 2.